The van der Waals surface area contributed by atoms with Gasteiger partial charge in [0.05, 0.1) is 6.54 Å². The van der Waals surface area contributed by atoms with Crippen LogP contribution in [0.15, 0.2) is 77.6 Å². The van der Waals surface area contributed by atoms with E-state index in [0.29, 0.717) is 44.1 Å². The molecule has 0 unspecified atom stereocenters. The average molecular weight is 528 g/mol. The van der Waals surface area contributed by atoms with Crippen LogP contribution in [0.4, 0.5) is 14.5 Å². The zero-order valence-electron chi connectivity index (χ0n) is 21.4. The van der Waals surface area contributed by atoms with E-state index in [1.165, 1.54) is 24.3 Å². The third-order valence-corrected chi connectivity index (χ3v) is 7.24. The Morgan fingerprint density at radius 3 is 2.31 bits per heavy atom. The molecule has 0 radical (unpaired) electrons. The lowest BCUT2D eigenvalue weighted by molar-refractivity contribution is 0.200. The highest BCUT2D eigenvalue weighted by atomic mass is 19.1. The van der Waals surface area contributed by atoms with Gasteiger partial charge >= 0.3 is 0 Å². The fourth-order valence-electron chi connectivity index (χ4n) is 5.22. The lowest BCUT2D eigenvalue weighted by Gasteiger charge is -2.39. The lowest BCUT2D eigenvalue weighted by Crippen LogP contribution is -2.49. The van der Waals surface area contributed by atoms with Crippen molar-refractivity contribution in [3.63, 3.8) is 0 Å². The Morgan fingerprint density at radius 2 is 1.59 bits per heavy atom. The van der Waals surface area contributed by atoms with Crippen LogP contribution in [0.2, 0.25) is 0 Å². The number of rotatable bonds is 6. The van der Waals surface area contributed by atoms with E-state index in [1.807, 2.05) is 31.2 Å². The molecule has 3 aromatic carbocycles. The molecule has 0 aliphatic carbocycles. The number of piperazine rings is 1. The summed E-state index contributed by atoms with van der Waals surface area (Å²) in [6, 6.07) is 20.0. The molecule has 0 spiro atoms. The summed E-state index contributed by atoms with van der Waals surface area (Å²) < 4.78 is 28.6. The second-order valence-electron chi connectivity index (χ2n) is 9.87. The molecular weight excluding hydrogens is 500 g/mol. The molecule has 1 fully saturated rings. The minimum absolute atomic E-state index is 0.200. The van der Waals surface area contributed by atoms with Gasteiger partial charge in [0, 0.05) is 42.9 Å². The van der Waals surface area contributed by atoms with Gasteiger partial charge in [0.1, 0.15) is 17.7 Å². The minimum atomic E-state index is -0.510. The van der Waals surface area contributed by atoms with Crippen LogP contribution >= 0.6 is 0 Å². The van der Waals surface area contributed by atoms with E-state index in [4.69, 9.17) is 0 Å². The topological polar surface area (TPSA) is 82.9 Å². The van der Waals surface area contributed by atoms with E-state index in [0.717, 1.165) is 27.7 Å². The summed E-state index contributed by atoms with van der Waals surface area (Å²) in [5.74, 6) is -0.0474. The summed E-state index contributed by atoms with van der Waals surface area (Å²) in [7, 11) is 0. The standard InChI is InChI=1S/C29H27F2N7O/c1-19-2-11-26-21(16-19)17-25(29(39)32-26)27(28-33-34-35-38(28)18-20-3-5-22(30)6-4-20)37-14-12-36(13-15-37)24-9-7-23(31)8-10-24/h2-11,16-17,27H,12-15,18H2,1H3,(H,32,39)/t27-/m0/s1. The van der Waals surface area contributed by atoms with Crippen molar-refractivity contribution in [2.45, 2.75) is 19.5 Å². The summed E-state index contributed by atoms with van der Waals surface area (Å²) in [6.07, 6.45) is 0. The molecule has 198 valence electrons. The van der Waals surface area contributed by atoms with Gasteiger partial charge in [0.15, 0.2) is 5.82 Å². The van der Waals surface area contributed by atoms with Crippen LogP contribution in [-0.2, 0) is 6.54 Å². The molecule has 6 rings (SSSR count). The molecule has 1 aliphatic rings. The smallest absolute Gasteiger partial charge is 0.253 e. The number of hydrogen-bond acceptors (Lipinski definition) is 6. The van der Waals surface area contributed by atoms with Crippen molar-refractivity contribution in [3.05, 3.63) is 117 Å². The van der Waals surface area contributed by atoms with E-state index in [9.17, 15) is 13.6 Å². The molecule has 5 aromatic rings. The summed E-state index contributed by atoms with van der Waals surface area (Å²) in [5, 5.41) is 13.5. The van der Waals surface area contributed by atoms with Gasteiger partial charge in [-0.25, -0.2) is 13.5 Å². The zero-order chi connectivity index (χ0) is 26.9. The third kappa shape index (κ3) is 5.15. The molecule has 2 aromatic heterocycles. The lowest BCUT2D eigenvalue weighted by atomic mass is 10.0. The zero-order valence-corrected chi connectivity index (χ0v) is 21.4. The molecule has 8 nitrogen and oxygen atoms in total. The molecule has 1 aliphatic heterocycles. The molecule has 1 atom stereocenters. The summed E-state index contributed by atoms with van der Waals surface area (Å²) in [5.41, 5.74) is 4.00. The highest BCUT2D eigenvalue weighted by Crippen LogP contribution is 2.29. The fraction of sp³-hybridized carbons (Fsp3) is 0.241. The summed E-state index contributed by atoms with van der Waals surface area (Å²) in [4.78, 5) is 20.9. The Hall–Kier alpha value is -4.44. The van der Waals surface area contributed by atoms with Gasteiger partial charge in [0.2, 0.25) is 0 Å². The van der Waals surface area contributed by atoms with Gasteiger partial charge in [-0.15, -0.1) is 5.10 Å². The van der Waals surface area contributed by atoms with Gasteiger partial charge in [-0.05, 0) is 82.9 Å². The van der Waals surface area contributed by atoms with Crippen molar-refractivity contribution in [2.24, 2.45) is 0 Å². The van der Waals surface area contributed by atoms with Crippen molar-refractivity contribution in [1.29, 1.82) is 0 Å². The van der Waals surface area contributed by atoms with Crippen LogP contribution in [-0.4, -0.2) is 56.3 Å². The molecule has 39 heavy (non-hydrogen) atoms. The van der Waals surface area contributed by atoms with Crippen molar-refractivity contribution < 1.29 is 8.78 Å². The second-order valence-corrected chi connectivity index (χ2v) is 9.87. The number of benzene rings is 3. The van der Waals surface area contributed by atoms with Gasteiger partial charge in [-0.3, -0.25) is 9.69 Å². The van der Waals surface area contributed by atoms with Crippen molar-refractivity contribution in [2.75, 3.05) is 31.1 Å². The number of anilines is 1. The Kier molecular flexibility index (Phi) is 6.62. The predicted molar refractivity (Wildman–Crippen MR) is 145 cm³/mol. The highest BCUT2D eigenvalue weighted by molar-refractivity contribution is 5.79. The number of tetrazole rings is 1. The Morgan fingerprint density at radius 1 is 0.897 bits per heavy atom. The third-order valence-electron chi connectivity index (χ3n) is 7.24. The minimum Gasteiger partial charge on any atom is -0.369 e. The summed E-state index contributed by atoms with van der Waals surface area (Å²) >= 11 is 0. The van der Waals surface area contributed by atoms with E-state index in [-0.39, 0.29) is 17.2 Å². The number of nitrogens with one attached hydrogen (secondary N) is 1. The molecule has 0 bridgehead atoms. The first-order valence-electron chi connectivity index (χ1n) is 12.8. The first-order chi connectivity index (χ1) is 18.9. The fourth-order valence-corrected chi connectivity index (χ4v) is 5.22. The largest absolute Gasteiger partial charge is 0.369 e. The molecule has 0 amide bonds. The van der Waals surface area contributed by atoms with Gasteiger partial charge in [-0.1, -0.05) is 23.8 Å². The summed E-state index contributed by atoms with van der Waals surface area (Å²) in [6.45, 7) is 4.99. The maximum Gasteiger partial charge on any atom is 0.253 e. The predicted octanol–water partition coefficient (Wildman–Crippen LogP) is 4.06. The number of H-pyrrole nitrogens is 1. The van der Waals surface area contributed by atoms with Crippen LogP contribution < -0.4 is 10.5 Å². The number of aromatic amines is 1. The van der Waals surface area contributed by atoms with Gasteiger partial charge < -0.3 is 9.88 Å². The monoisotopic (exact) mass is 527 g/mol. The molecule has 1 saturated heterocycles. The maximum atomic E-state index is 13.5. The molecule has 3 heterocycles. The van der Waals surface area contributed by atoms with Gasteiger partial charge in [0.25, 0.3) is 5.56 Å². The molecular formula is C29H27F2N7O. The number of hydrogen-bond donors (Lipinski definition) is 1. The van der Waals surface area contributed by atoms with Crippen LogP contribution in [0, 0.1) is 18.6 Å². The molecule has 10 heteroatoms. The van der Waals surface area contributed by atoms with Crippen molar-refractivity contribution in [3.8, 4) is 0 Å². The Balaban J connectivity index is 1.38. The second kappa shape index (κ2) is 10.4. The van der Waals surface area contributed by atoms with Crippen LogP contribution in [0.25, 0.3) is 10.9 Å². The Bertz CT molecular complexity index is 1660. The quantitative estimate of drug-likeness (QED) is 0.359. The SMILES string of the molecule is Cc1ccc2[nH]c(=O)c([C@@H](c3nnnn3Cc3ccc(F)cc3)N3CCN(c4ccc(F)cc4)CC3)cc2c1. The number of halogens is 2. The average Bonchev–Trinajstić information content (AvgIpc) is 3.39. The number of aromatic nitrogens is 5. The van der Waals surface area contributed by atoms with Crippen molar-refractivity contribution in [1.82, 2.24) is 30.1 Å². The van der Waals surface area contributed by atoms with Crippen LogP contribution in [0.3, 0.4) is 0 Å². The highest BCUT2D eigenvalue weighted by Gasteiger charge is 2.33. The van der Waals surface area contributed by atoms with E-state index < -0.39 is 6.04 Å². The van der Waals surface area contributed by atoms with E-state index in [1.54, 1.807) is 28.9 Å². The first-order valence-corrected chi connectivity index (χ1v) is 12.8. The van der Waals surface area contributed by atoms with Crippen LogP contribution in [0.5, 0.6) is 0 Å². The molecule has 1 N–H and O–H groups in total. The van der Waals surface area contributed by atoms with E-state index >= 15 is 0 Å². The van der Waals surface area contributed by atoms with Crippen LogP contribution in [0.1, 0.15) is 28.6 Å². The van der Waals surface area contributed by atoms with Gasteiger partial charge in [-0.2, -0.15) is 0 Å². The van der Waals surface area contributed by atoms with Crippen molar-refractivity contribution >= 4 is 16.6 Å². The molecule has 0 saturated carbocycles. The van der Waals surface area contributed by atoms with E-state index in [2.05, 4.69) is 30.3 Å². The number of pyridine rings is 1. The number of aryl methyl sites for hydroxylation is 1. The number of fused-ring (bicyclic) bond motifs is 1. The first kappa shape index (κ1) is 24.9. The maximum absolute atomic E-state index is 13.5. The Labute approximate surface area is 223 Å². The normalized spacial score (nSPS) is 15.1. The number of nitrogens with zero attached hydrogens (tertiary/aromatic N) is 6.